The average Bonchev–Trinajstić information content (AvgIpc) is 3.06. The van der Waals surface area contributed by atoms with Gasteiger partial charge in [-0.3, -0.25) is 9.59 Å². The largest absolute Gasteiger partial charge is 0.334 e. The van der Waals surface area contributed by atoms with E-state index in [9.17, 15) is 14.4 Å². The minimum atomic E-state index is -0.402. The number of aromatic nitrogens is 2. The predicted molar refractivity (Wildman–Crippen MR) is 87.3 cm³/mol. The van der Waals surface area contributed by atoms with E-state index >= 15 is 0 Å². The summed E-state index contributed by atoms with van der Waals surface area (Å²) in [5.41, 5.74) is -0.161. The second-order valence-electron chi connectivity index (χ2n) is 6.03. The molecule has 3 heterocycles. The summed E-state index contributed by atoms with van der Waals surface area (Å²) in [5, 5.41) is 3.27. The number of nitrogens with one attached hydrogen (secondary N) is 3. The molecule has 0 radical (unpaired) electrons. The van der Waals surface area contributed by atoms with Crippen molar-refractivity contribution in [1.29, 1.82) is 0 Å². The Morgan fingerprint density at radius 1 is 1.08 bits per heavy atom. The third-order valence-electron chi connectivity index (χ3n) is 4.40. The van der Waals surface area contributed by atoms with Crippen molar-refractivity contribution in [2.75, 3.05) is 39.3 Å². The maximum atomic E-state index is 12.2. The summed E-state index contributed by atoms with van der Waals surface area (Å²) in [5.74, 6) is 5.72. The number of piperazine rings is 1. The summed E-state index contributed by atoms with van der Waals surface area (Å²) >= 11 is 0. The number of hydrogen-bond acceptors (Lipinski definition) is 4. The minimum absolute atomic E-state index is 0.171. The Kier molecular flexibility index (Phi) is 5.01. The van der Waals surface area contributed by atoms with Crippen LogP contribution >= 0.6 is 0 Å². The van der Waals surface area contributed by atoms with Gasteiger partial charge in [0.2, 0.25) is 0 Å². The molecular weight excluding hydrogens is 310 g/mol. The first kappa shape index (κ1) is 16.3. The van der Waals surface area contributed by atoms with E-state index in [1.54, 1.807) is 9.80 Å². The quantitative estimate of drug-likeness (QED) is 0.574. The molecule has 2 saturated heterocycles. The maximum Gasteiger partial charge on any atom is 0.323 e. The second-order valence-corrected chi connectivity index (χ2v) is 6.03. The van der Waals surface area contributed by atoms with Crippen molar-refractivity contribution in [3.05, 3.63) is 22.4 Å². The van der Waals surface area contributed by atoms with Crippen molar-refractivity contribution in [3.8, 4) is 11.8 Å². The maximum absolute atomic E-state index is 12.2. The van der Waals surface area contributed by atoms with Gasteiger partial charge in [-0.1, -0.05) is 5.92 Å². The number of piperidine rings is 1. The molecule has 0 saturated carbocycles. The third kappa shape index (κ3) is 3.86. The van der Waals surface area contributed by atoms with E-state index in [1.165, 1.54) is 6.20 Å². The minimum Gasteiger partial charge on any atom is -0.334 e. The summed E-state index contributed by atoms with van der Waals surface area (Å²) in [6.45, 7) is 3.70. The number of nitrogens with zero attached hydrogens (tertiary/aromatic N) is 2. The molecule has 8 heteroatoms. The first-order chi connectivity index (χ1) is 11.6. The molecule has 0 aliphatic carbocycles. The number of aromatic amines is 2. The lowest BCUT2D eigenvalue weighted by atomic mass is 9.99. The van der Waals surface area contributed by atoms with Crippen LogP contribution in [-0.4, -0.2) is 70.9 Å². The summed E-state index contributed by atoms with van der Waals surface area (Å²) in [6.07, 6.45) is 3.33. The molecule has 3 rings (SSSR count). The summed E-state index contributed by atoms with van der Waals surface area (Å²) in [6, 6.07) is 0. The fraction of sp³-hybridized carbons (Fsp3) is 0.562. The number of amides is 2. The topological polar surface area (TPSA) is 101 Å². The van der Waals surface area contributed by atoms with Gasteiger partial charge in [0.05, 0.1) is 0 Å². The predicted octanol–water partition coefficient (Wildman–Crippen LogP) is -1.01. The number of rotatable bonds is 1. The van der Waals surface area contributed by atoms with Crippen LogP contribution in [0.1, 0.15) is 23.3 Å². The molecule has 2 aliphatic rings. The van der Waals surface area contributed by atoms with Crippen molar-refractivity contribution in [2.45, 2.75) is 12.8 Å². The van der Waals surface area contributed by atoms with Gasteiger partial charge in [0.15, 0.2) is 0 Å². The number of carbonyl (C=O) groups excluding carboxylic acids is 2. The second kappa shape index (κ2) is 7.36. The molecule has 3 N–H and O–H groups in total. The van der Waals surface area contributed by atoms with Crippen molar-refractivity contribution in [1.82, 2.24) is 25.1 Å². The molecule has 24 heavy (non-hydrogen) atoms. The Labute approximate surface area is 139 Å². The molecule has 0 bridgehead atoms. The highest BCUT2D eigenvalue weighted by Gasteiger charge is 2.25. The van der Waals surface area contributed by atoms with E-state index < -0.39 is 5.69 Å². The number of hydrogen-bond donors (Lipinski definition) is 3. The van der Waals surface area contributed by atoms with Gasteiger partial charge in [0, 0.05) is 38.3 Å². The third-order valence-corrected chi connectivity index (χ3v) is 4.40. The van der Waals surface area contributed by atoms with Crippen LogP contribution in [0.25, 0.3) is 0 Å². The number of carbonyl (C=O) groups is 2. The molecule has 128 valence electrons. The highest BCUT2D eigenvalue weighted by molar-refractivity contribution is 5.94. The zero-order chi connectivity index (χ0) is 16.9. The molecule has 2 aliphatic heterocycles. The summed E-state index contributed by atoms with van der Waals surface area (Å²) in [7, 11) is 0. The van der Waals surface area contributed by atoms with E-state index in [-0.39, 0.29) is 17.5 Å². The van der Waals surface area contributed by atoms with Gasteiger partial charge in [0.1, 0.15) is 5.69 Å². The molecule has 1 aromatic rings. The van der Waals surface area contributed by atoms with Crippen LogP contribution in [0.3, 0.4) is 0 Å². The molecule has 0 aromatic carbocycles. The van der Waals surface area contributed by atoms with Gasteiger partial charge in [0.25, 0.3) is 11.8 Å². The fourth-order valence-electron chi connectivity index (χ4n) is 2.94. The molecule has 0 spiro atoms. The van der Waals surface area contributed by atoms with Crippen LogP contribution in [-0.2, 0) is 4.79 Å². The van der Waals surface area contributed by atoms with Gasteiger partial charge >= 0.3 is 5.69 Å². The lowest BCUT2D eigenvalue weighted by Gasteiger charge is -2.33. The first-order valence-corrected chi connectivity index (χ1v) is 8.21. The Bertz CT molecular complexity index is 712. The Morgan fingerprint density at radius 3 is 2.38 bits per heavy atom. The lowest BCUT2D eigenvalue weighted by molar-refractivity contribution is -0.126. The van der Waals surface area contributed by atoms with E-state index in [4.69, 9.17) is 0 Å². The average molecular weight is 331 g/mol. The number of imidazole rings is 1. The van der Waals surface area contributed by atoms with Crippen molar-refractivity contribution in [3.63, 3.8) is 0 Å². The van der Waals surface area contributed by atoms with Gasteiger partial charge in [-0.05, 0) is 31.9 Å². The smallest absolute Gasteiger partial charge is 0.323 e. The van der Waals surface area contributed by atoms with E-state index in [0.29, 0.717) is 32.1 Å². The van der Waals surface area contributed by atoms with Crippen LogP contribution in [0, 0.1) is 17.8 Å². The first-order valence-electron chi connectivity index (χ1n) is 8.21. The van der Waals surface area contributed by atoms with Gasteiger partial charge in [-0.15, -0.1) is 0 Å². The SMILES string of the molecule is O=C(C#CC1CCNCC1)N1CCN(C(=O)c2c[nH]c(=O)[nH]2)CC1. The molecule has 2 amide bonds. The van der Waals surface area contributed by atoms with E-state index in [0.717, 1.165) is 25.9 Å². The standard InChI is InChI=1S/C16H21N5O3/c22-14(2-1-12-3-5-17-6-4-12)20-7-9-21(10-8-20)15(23)13-11-18-16(24)19-13/h11-12,17H,3-10H2,(H2,18,19,24). The molecule has 8 nitrogen and oxygen atoms in total. The van der Waals surface area contributed by atoms with Crippen molar-refractivity contribution < 1.29 is 9.59 Å². The van der Waals surface area contributed by atoms with Crippen LogP contribution in [0.4, 0.5) is 0 Å². The van der Waals surface area contributed by atoms with E-state index in [2.05, 4.69) is 27.1 Å². The van der Waals surface area contributed by atoms with Crippen LogP contribution in [0.15, 0.2) is 11.0 Å². The monoisotopic (exact) mass is 331 g/mol. The van der Waals surface area contributed by atoms with Crippen molar-refractivity contribution >= 4 is 11.8 Å². The molecular formula is C16H21N5O3. The molecule has 2 fully saturated rings. The normalized spacial score (nSPS) is 18.8. The Hall–Kier alpha value is -2.53. The zero-order valence-electron chi connectivity index (χ0n) is 13.4. The summed E-state index contributed by atoms with van der Waals surface area (Å²) in [4.78, 5) is 43.6. The van der Waals surface area contributed by atoms with Crippen LogP contribution in [0.5, 0.6) is 0 Å². The van der Waals surface area contributed by atoms with Gasteiger partial charge in [-0.25, -0.2) is 4.79 Å². The van der Waals surface area contributed by atoms with Crippen LogP contribution in [0.2, 0.25) is 0 Å². The summed E-state index contributed by atoms with van der Waals surface area (Å²) < 4.78 is 0. The lowest BCUT2D eigenvalue weighted by Crippen LogP contribution is -2.50. The molecule has 0 atom stereocenters. The zero-order valence-corrected chi connectivity index (χ0v) is 13.4. The van der Waals surface area contributed by atoms with Crippen LogP contribution < -0.4 is 11.0 Å². The Balaban J connectivity index is 1.51. The highest BCUT2D eigenvalue weighted by atomic mass is 16.2. The molecule has 0 unspecified atom stereocenters. The molecule has 1 aromatic heterocycles. The van der Waals surface area contributed by atoms with E-state index in [1.807, 2.05) is 0 Å². The van der Waals surface area contributed by atoms with Crippen molar-refractivity contribution in [2.24, 2.45) is 5.92 Å². The number of H-pyrrole nitrogens is 2. The Morgan fingerprint density at radius 2 is 1.75 bits per heavy atom. The van der Waals surface area contributed by atoms with Gasteiger partial charge in [-0.2, -0.15) is 0 Å². The highest BCUT2D eigenvalue weighted by Crippen LogP contribution is 2.10. The fourth-order valence-corrected chi connectivity index (χ4v) is 2.94. The van der Waals surface area contributed by atoms with Gasteiger partial charge < -0.3 is 25.1 Å².